The lowest BCUT2D eigenvalue weighted by Gasteiger charge is -2.42. The minimum absolute atomic E-state index is 0.0268. The quantitative estimate of drug-likeness (QED) is 0.827. The Morgan fingerprint density at radius 2 is 2.22 bits per heavy atom. The number of carbonyl (C=O) groups is 1. The van der Waals surface area contributed by atoms with Gasteiger partial charge in [0.25, 0.3) is 10.0 Å². The van der Waals surface area contributed by atoms with E-state index in [2.05, 4.69) is 15.3 Å². The van der Waals surface area contributed by atoms with Crippen LogP contribution in [0.4, 0.5) is 0 Å². The molecule has 2 heterocycles. The summed E-state index contributed by atoms with van der Waals surface area (Å²) in [5, 5.41) is 3.14. The monoisotopic (exact) mass is 338 g/mol. The molecule has 1 aliphatic heterocycles. The maximum absolute atomic E-state index is 12.7. The summed E-state index contributed by atoms with van der Waals surface area (Å²) in [6, 6.07) is 0. The number of hydrogen-bond acceptors (Lipinski definition) is 4. The van der Waals surface area contributed by atoms with Gasteiger partial charge in [-0.15, -0.1) is 0 Å². The summed E-state index contributed by atoms with van der Waals surface area (Å²) in [6.45, 7) is 1.45. The van der Waals surface area contributed by atoms with Crippen molar-refractivity contribution in [1.82, 2.24) is 19.6 Å². The lowest BCUT2D eigenvalue weighted by atomic mass is 9.62. The highest BCUT2D eigenvalue weighted by Gasteiger charge is 2.56. The molecule has 0 aromatic carbocycles. The minimum atomic E-state index is -3.59. The third-order valence-electron chi connectivity index (χ3n) is 5.64. The van der Waals surface area contributed by atoms with E-state index < -0.39 is 10.0 Å². The second-order valence-electron chi connectivity index (χ2n) is 7.17. The molecule has 2 N–H and O–H groups in total. The van der Waals surface area contributed by atoms with Gasteiger partial charge in [0, 0.05) is 19.6 Å². The molecular formula is C15H22N4O3S. The van der Waals surface area contributed by atoms with E-state index in [0.717, 1.165) is 25.8 Å². The Labute approximate surface area is 135 Å². The van der Waals surface area contributed by atoms with E-state index in [9.17, 15) is 13.2 Å². The van der Waals surface area contributed by atoms with Crippen molar-refractivity contribution in [3.05, 3.63) is 12.5 Å². The summed E-state index contributed by atoms with van der Waals surface area (Å²) in [6.07, 6.45) is 8.01. The predicted molar refractivity (Wildman–Crippen MR) is 82.9 cm³/mol. The first kappa shape index (κ1) is 15.1. The number of aromatic amines is 1. The number of rotatable bonds is 5. The molecule has 7 nitrogen and oxygen atoms in total. The van der Waals surface area contributed by atoms with Crippen molar-refractivity contribution in [3.63, 3.8) is 0 Å². The van der Waals surface area contributed by atoms with Crippen molar-refractivity contribution in [2.24, 2.45) is 17.3 Å². The van der Waals surface area contributed by atoms with Gasteiger partial charge in [0.1, 0.15) is 0 Å². The van der Waals surface area contributed by atoms with Gasteiger partial charge in [0.2, 0.25) is 5.91 Å². The maximum Gasteiger partial charge on any atom is 0.260 e. The molecule has 23 heavy (non-hydrogen) atoms. The number of nitrogens with one attached hydrogen (secondary N) is 2. The molecule has 2 saturated carbocycles. The van der Waals surface area contributed by atoms with Crippen LogP contribution in [0.5, 0.6) is 0 Å². The fourth-order valence-corrected chi connectivity index (χ4v) is 5.26. The van der Waals surface area contributed by atoms with Gasteiger partial charge in [0.15, 0.2) is 5.03 Å². The third kappa shape index (κ3) is 2.57. The summed E-state index contributed by atoms with van der Waals surface area (Å²) in [5.74, 6) is 0.425. The topological polar surface area (TPSA) is 95.2 Å². The Hall–Kier alpha value is -1.41. The molecule has 8 heteroatoms. The summed E-state index contributed by atoms with van der Waals surface area (Å²) in [4.78, 5) is 19.1. The Bertz CT molecular complexity index is 692. The number of imidazole rings is 1. The summed E-state index contributed by atoms with van der Waals surface area (Å²) >= 11 is 0. The highest BCUT2D eigenvalue weighted by Crippen LogP contribution is 2.52. The number of nitrogens with zero attached hydrogens (tertiary/aromatic N) is 2. The Morgan fingerprint density at radius 1 is 1.43 bits per heavy atom. The third-order valence-corrected chi connectivity index (χ3v) is 7.37. The van der Waals surface area contributed by atoms with Crippen molar-refractivity contribution >= 4 is 15.9 Å². The number of amides is 1. The fraction of sp³-hybridized carbons (Fsp3) is 0.733. The van der Waals surface area contributed by atoms with Crippen LogP contribution in [0.25, 0.3) is 0 Å². The highest BCUT2D eigenvalue weighted by atomic mass is 32.2. The zero-order valence-electron chi connectivity index (χ0n) is 13.0. The maximum atomic E-state index is 12.7. The normalized spacial score (nSPS) is 27.0. The Balaban J connectivity index is 1.52. The molecule has 1 saturated heterocycles. The molecule has 1 spiro atoms. The Morgan fingerprint density at radius 3 is 2.78 bits per heavy atom. The number of H-pyrrole nitrogens is 1. The van der Waals surface area contributed by atoms with Crippen LogP contribution in [-0.4, -0.2) is 48.2 Å². The predicted octanol–water partition coefficient (Wildman–Crippen LogP) is 0.727. The molecule has 4 rings (SSSR count). The van der Waals surface area contributed by atoms with Gasteiger partial charge in [-0.3, -0.25) is 4.79 Å². The van der Waals surface area contributed by atoms with Crippen molar-refractivity contribution in [1.29, 1.82) is 0 Å². The average Bonchev–Trinajstić information content (AvgIpc) is 3.02. The van der Waals surface area contributed by atoms with E-state index in [1.165, 1.54) is 29.7 Å². The molecule has 2 aliphatic carbocycles. The number of aromatic nitrogens is 2. The molecule has 1 aromatic heterocycles. The Kier molecular flexibility index (Phi) is 3.49. The SMILES string of the molecule is O=C(NCC1CC1)C1CN(S(=O)(=O)c2cnc[nH]2)CC12CCC2. The van der Waals surface area contributed by atoms with Crippen LogP contribution in [0.3, 0.4) is 0 Å². The van der Waals surface area contributed by atoms with Crippen molar-refractivity contribution < 1.29 is 13.2 Å². The first-order valence-corrected chi connectivity index (χ1v) is 9.71. The van der Waals surface area contributed by atoms with Crippen LogP contribution in [0.2, 0.25) is 0 Å². The molecular weight excluding hydrogens is 316 g/mol. The molecule has 3 aliphatic rings. The van der Waals surface area contributed by atoms with Crippen molar-refractivity contribution in [3.8, 4) is 0 Å². The minimum Gasteiger partial charge on any atom is -0.356 e. The van der Waals surface area contributed by atoms with E-state index in [1.807, 2.05) is 0 Å². The van der Waals surface area contributed by atoms with Gasteiger partial charge in [-0.2, -0.15) is 4.31 Å². The van der Waals surface area contributed by atoms with Gasteiger partial charge in [0.05, 0.1) is 18.4 Å². The van der Waals surface area contributed by atoms with Gasteiger partial charge < -0.3 is 10.3 Å². The lowest BCUT2D eigenvalue weighted by Crippen LogP contribution is -2.45. The van der Waals surface area contributed by atoms with E-state index in [1.54, 1.807) is 0 Å². The lowest BCUT2D eigenvalue weighted by molar-refractivity contribution is -0.129. The fourth-order valence-electron chi connectivity index (χ4n) is 3.82. The molecule has 1 unspecified atom stereocenters. The largest absolute Gasteiger partial charge is 0.356 e. The van der Waals surface area contributed by atoms with Gasteiger partial charge in [-0.05, 0) is 37.0 Å². The van der Waals surface area contributed by atoms with Crippen LogP contribution in [-0.2, 0) is 14.8 Å². The summed E-state index contributed by atoms with van der Waals surface area (Å²) < 4.78 is 26.8. The zero-order chi connectivity index (χ0) is 16.1. The van der Waals surface area contributed by atoms with E-state index in [0.29, 0.717) is 12.5 Å². The second-order valence-corrected chi connectivity index (χ2v) is 9.08. The first-order valence-electron chi connectivity index (χ1n) is 8.27. The molecule has 1 aromatic rings. The van der Waals surface area contributed by atoms with E-state index >= 15 is 0 Å². The van der Waals surface area contributed by atoms with E-state index in [4.69, 9.17) is 0 Å². The summed E-state index contributed by atoms with van der Waals surface area (Å²) in [7, 11) is -3.59. The number of hydrogen-bond donors (Lipinski definition) is 2. The highest BCUT2D eigenvalue weighted by molar-refractivity contribution is 7.89. The standard InChI is InChI=1S/C15H22N4O3S/c20-14(17-6-11-2-3-11)12-8-19(9-15(12)4-1-5-15)23(21,22)13-7-16-10-18-13/h7,10-12H,1-6,8-9H2,(H,16,18)(H,17,20). The molecule has 1 amide bonds. The number of sulfonamides is 1. The van der Waals surface area contributed by atoms with Crippen LogP contribution in [0.1, 0.15) is 32.1 Å². The van der Waals surface area contributed by atoms with Gasteiger partial charge in [-0.25, -0.2) is 13.4 Å². The van der Waals surface area contributed by atoms with Crippen LogP contribution in [0.15, 0.2) is 17.6 Å². The molecule has 0 bridgehead atoms. The molecule has 0 radical (unpaired) electrons. The van der Waals surface area contributed by atoms with Crippen LogP contribution >= 0.6 is 0 Å². The zero-order valence-corrected chi connectivity index (χ0v) is 13.8. The van der Waals surface area contributed by atoms with Crippen LogP contribution < -0.4 is 5.32 Å². The van der Waals surface area contributed by atoms with Crippen molar-refractivity contribution in [2.75, 3.05) is 19.6 Å². The molecule has 3 fully saturated rings. The first-order chi connectivity index (χ1) is 11.0. The second kappa shape index (κ2) is 5.31. The van der Waals surface area contributed by atoms with E-state index in [-0.39, 0.29) is 28.8 Å². The van der Waals surface area contributed by atoms with Gasteiger partial charge in [-0.1, -0.05) is 6.42 Å². The van der Waals surface area contributed by atoms with Crippen LogP contribution in [0, 0.1) is 17.3 Å². The summed E-state index contributed by atoms with van der Waals surface area (Å²) in [5.41, 5.74) is -0.166. The van der Waals surface area contributed by atoms with Gasteiger partial charge >= 0.3 is 0 Å². The molecule has 1 atom stereocenters. The average molecular weight is 338 g/mol. The van der Waals surface area contributed by atoms with Crippen molar-refractivity contribution in [2.45, 2.75) is 37.1 Å². The molecule has 126 valence electrons. The smallest absolute Gasteiger partial charge is 0.260 e. The number of carbonyl (C=O) groups excluding carboxylic acids is 1.